The predicted octanol–water partition coefficient (Wildman–Crippen LogP) is 2.92. The molecule has 2 rings (SSSR count). The van der Waals surface area contributed by atoms with E-state index in [9.17, 15) is 9.50 Å². The standard InChI is InChI=1S/C15H22FNO2/c1-10(17)12-8-7-11(16)9-15(12)19-14-6-4-2-3-5-13(14)18/h7-10,13-14,18H,2-6,17H2,1H3. The zero-order valence-electron chi connectivity index (χ0n) is 11.3. The van der Waals surface area contributed by atoms with E-state index in [4.69, 9.17) is 10.5 Å². The first-order chi connectivity index (χ1) is 9.08. The summed E-state index contributed by atoms with van der Waals surface area (Å²) in [5, 5.41) is 10.1. The molecule has 0 saturated heterocycles. The second kappa shape index (κ2) is 6.35. The molecular weight excluding hydrogens is 245 g/mol. The van der Waals surface area contributed by atoms with E-state index in [0.717, 1.165) is 37.7 Å². The summed E-state index contributed by atoms with van der Waals surface area (Å²) in [6.07, 6.45) is 3.96. The zero-order valence-corrected chi connectivity index (χ0v) is 11.3. The third-order valence-corrected chi connectivity index (χ3v) is 3.66. The number of rotatable bonds is 3. The molecule has 0 bridgehead atoms. The third kappa shape index (κ3) is 3.67. The van der Waals surface area contributed by atoms with Gasteiger partial charge in [-0.3, -0.25) is 0 Å². The van der Waals surface area contributed by atoms with Gasteiger partial charge in [0.05, 0.1) is 6.10 Å². The molecule has 1 aromatic carbocycles. The quantitative estimate of drug-likeness (QED) is 0.828. The Balaban J connectivity index is 2.18. The molecule has 3 unspecified atom stereocenters. The average molecular weight is 267 g/mol. The van der Waals surface area contributed by atoms with Gasteiger partial charge in [0, 0.05) is 17.7 Å². The van der Waals surface area contributed by atoms with E-state index in [0.29, 0.717) is 5.75 Å². The molecule has 0 radical (unpaired) electrons. The molecule has 106 valence electrons. The first-order valence-electron chi connectivity index (χ1n) is 6.97. The lowest BCUT2D eigenvalue weighted by Crippen LogP contribution is -2.31. The number of ether oxygens (including phenoxy) is 1. The molecule has 0 heterocycles. The minimum atomic E-state index is -0.480. The molecular formula is C15H22FNO2. The summed E-state index contributed by atoms with van der Waals surface area (Å²) in [5.74, 6) is 0.114. The zero-order chi connectivity index (χ0) is 13.8. The molecule has 19 heavy (non-hydrogen) atoms. The van der Waals surface area contributed by atoms with Crippen LogP contribution in [-0.2, 0) is 0 Å². The number of hydrogen-bond acceptors (Lipinski definition) is 3. The molecule has 0 amide bonds. The Kier molecular flexibility index (Phi) is 4.77. The van der Waals surface area contributed by atoms with E-state index < -0.39 is 6.10 Å². The Hall–Kier alpha value is -1.13. The van der Waals surface area contributed by atoms with Gasteiger partial charge in [-0.25, -0.2) is 4.39 Å². The smallest absolute Gasteiger partial charge is 0.127 e. The Bertz CT molecular complexity index is 423. The normalized spacial score (nSPS) is 25.7. The molecule has 0 aromatic heterocycles. The number of hydrogen-bond donors (Lipinski definition) is 2. The van der Waals surface area contributed by atoms with Crippen LogP contribution in [0.3, 0.4) is 0 Å². The van der Waals surface area contributed by atoms with Gasteiger partial charge in [0.1, 0.15) is 17.7 Å². The van der Waals surface area contributed by atoms with Crippen molar-refractivity contribution in [3.63, 3.8) is 0 Å². The summed E-state index contributed by atoms with van der Waals surface area (Å²) in [7, 11) is 0. The van der Waals surface area contributed by atoms with Crippen molar-refractivity contribution in [3.8, 4) is 5.75 Å². The van der Waals surface area contributed by atoms with Gasteiger partial charge >= 0.3 is 0 Å². The fraction of sp³-hybridized carbons (Fsp3) is 0.600. The van der Waals surface area contributed by atoms with Crippen LogP contribution in [0.2, 0.25) is 0 Å². The van der Waals surface area contributed by atoms with Crippen molar-refractivity contribution < 1.29 is 14.2 Å². The number of benzene rings is 1. The summed E-state index contributed by atoms with van der Waals surface area (Å²) in [5.41, 5.74) is 6.65. The van der Waals surface area contributed by atoms with E-state index in [1.807, 2.05) is 6.92 Å². The van der Waals surface area contributed by atoms with Crippen LogP contribution >= 0.6 is 0 Å². The highest BCUT2D eigenvalue weighted by Gasteiger charge is 2.24. The van der Waals surface area contributed by atoms with Crippen molar-refractivity contribution in [2.24, 2.45) is 5.73 Å². The molecule has 1 aliphatic rings. The van der Waals surface area contributed by atoms with Crippen LogP contribution in [0.1, 0.15) is 50.6 Å². The van der Waals surface area contributed by atoms with Gasteiger partial charge < -0.3 is 15.6 Å². The highest BCUT2D eigenvalue weighted by atomic mass is 19.1. The number of halogens is 1. The molecule has 1 aliphatic carbocycles. The van der Waals surface area contributed by atoms with Crippen molar-refractivity contribution >= 4 is 0 Å². The van der Waals surface area contributed by atoms with Crippen LogP contribution in [0.25, 0.3) is 0 Å². The van der Waals surface area contributed by atoms with Crippen molar-refractivity contribution in [2.75, 3.05) is 0 Å². The molecule has 3 nitrogen and oxygen atoms in total. The summed E-state index contributed by atoms with van der Waals surface area (Å²) in [6.45, 7) is 1.84. The highest BCUT2D eigenvalue weighted by molar-refractivity contribution is 5.36. The lowest BCUT2D eigenvalue weighted by atomic mass is 10.1. The second-order valence-electron chi connectivity index (χ2n) is 5.33. The summed E-state index contributed by atoms with van der Waals surface area (Å²) in [6, 6.07) is 4.17. The fourth-order valence-electron chi connectivity index (χ4n) is 2.54. The molecule has 0 aliphatic heterocycles. The van der Waals surface area contributed by atoms with Crippen molar-refractivity contribution in [1.29, 1.82) is 0 Å². The van der Waals surface area contributed by atoms with Crippen LogP contribution < -0.4 is 10.5 Å². The van der Waals surface area contributed by atoms with Crippen LogP contribution in [0.4, 0.5) is 4.39 Å². The SMILES string of the molecule is CC(N)c1ccc(F)cc1OC1CCCCCC1O. The van der Waals surface area contributed by atoms with Crippen LogP contribution in [0.15, 0.2) is 18.2 Å². The maximum Gasteiger partial charge on any atom is 0.127 e. The minimum absolute atomic E-state index is 0.224. The Morgan fingerprint density at radius 2 is 2.05 bits per heavy atom. The van der Waals surface area contributed by atoms with Crippen molar-refractivity contribution in [1.82, 2.24) is 0 Å². The van der Waals surface area contributed by atoms with Crippen LogP contribution in [-0.4, -0.2) is 17.3 Å². The molecule has 1 aromatic rings. The Morgan fingerprint density at radius 1 is 1.32 bits per heavy atom. The monoisotopic (exact) mass is 267 g/mol. The van der Waals surface area contributed by atoms with E-state index in [-0.39, 0.29) is 18.0 Å². The third-order valence-electron chi connectivity index (χ3n) is 3.66. The summed E-state index contributed by atoms with van der Waals surface area (Å²) < 4.78 is 19.2. The Morgan fingerprint density at radius 3 is 2.79 bits per heavy atom. The number of nitrogens with two attached hydrogens (primary N) is 1. The van der Waals surface area contributed by atoms with E-state index in [1.165, 1.54) is 12.1 Å². The van der Waals surface area contributed by atoms with Gasteiger partial charge in [0.2, 0.25) is 0 Å². The highest BCUT2D eigenvalue weighted by Crippen LogP contribution is 2.29. The molecule has 0 spiro atoms. The predicted molar refractivity (Wildman–Crippen MR) is 72.5 cm³/mol. The maximum absolute atomic E-state index is 13.4. The first kappa shape index (κ1) is 14.3. The molecule has 1 saturated carbocycles. The minimum Gasteiger partial charge on any atom is -0.487 e. The fourth-order valence-corrected chi connectivity index (χ4v) is 2.54. The topological polar surface area (TPSA) is 55.5 Å². The number of aliphatic hydroxyl groups is 1. The first-order valence-corrected chi connectivity index (χ1v) is 6.97. The van der Waals surface area contributed by atoms with E-state index >= 15 is 0 Å². The van der Waals surface area contributed by atoms with Gasteiger partial charge in [-0.15, -0.1) is 0 Å². The Labute approximate surface area is 113 Å². The summed E-state index contributed by atoms with van der Waals surface area (Å²) in [4.78, 5) is 0. The molecule has 3 atom stereocenters. The van der Waals surface area contributed by atoms with E-state index in [1.54, 1.807) is 6.07 Å². The molecule has 4 heteroatoms. The van der Waals surface area contributed by atoms with Gasteiger partial charge in [0.25, 0.3) is 0 Å². The van der Waals surface area contributed by atoms with E-state index in [2.05, 4.69) is 0 Å². The van der Waals surface area contributed by atoms with Crippen LogP contribution in [0, 0.1) is 5.82 Å². The van der Waals surface area contributed by atoms with Crippen molar-refractivity contribution in [3.05, 3.63) is 29.6 Å². The van der Waals surface area contributed by atoms with Gasteiger partial charge in [-0.2, -0.15) is 0 Å². The molecule has 3 N–H and O–H groups in total. The van der Waals surface area contributed by atoms with Crippen LogP contribution in [0.5, 0.6) is 5.75 Å². The average Bonchev–Trinajstić information content (AvgIpc) is 2.55. The maximum atomic E-state index is 13.4. The number of aliphatic hydroxyl groups excluding tert-OH is 1. The van der Waals surface area contributed by atoms with Gasteiger partial charge in [-0.1, -0.05) is 18.9 Å². The van der Waals surface area contributed by atoms with Gasteiger partial charge in [0.15, 0.2) is 0 Å². The lowest BCUT2D eigenvalue weighted by molar-refractivity contribution is 0.0311. The lowest BCUT2D eigenvalue weighted by Gasteiger charge is -2.24. The largest absolute Gasteiger partial charge is 0.487 e. The van der Waals surface area contributed by atoms with Crippen molar-refractivity contribution in [2.45, 2.75) is 57.3 Å². The second-order valence-corrected chi connectivity index (χ2v) is 5.33. The molecule has 1 fully saturated rings. The summed E-state index contributed by atoms with van der Waals surface area (Å²) >= 11 is 0. The van der Waals surface area contributed by atoms with Gasteiger partial charge in [-0.05, 0) is 32.3 Å².